The molecule has 5 aromatic rings. The minimum Gasteiger partial charge on any atom is -0.494 e. The summed E-state index contributed by atoms with van der Waals surface area (Å²) >= 11 is 9.95. The summed E-state index contributed by atoms with van der Waals surface area (Å²) in [4.78, 5) is 114. The van der Waals surface area contributed by atoms with Crippen molar-refractivity contribution in [3.63, 3.8) is 0 Å². The number of unbranched alkanes of at least 4 members (excludes halogenated alkanes) is 1. The van der Waals surface area contributed by atoms with Crippen LogP contribution in [0.15, 0.2) is 73.3 Å². The topological polar surface area (TPSA) is 470 Å². The highest BCUT2D eigenvalue weighted by Crippen LogP contribution is 2.41. The summed E-state index contributed by atoms with van der Waals surface area (Å²) in [6.45, 7) is 32.5. The number of likely N-dealkylation sites (N-methyl/N-ethyl adjacent to an activating group) is 6. The number of nitrogens with zero attached hydrogens (tertiary/aromatic N) is 10. The Morgan fingerprint density at radius 3 is 1.02 bits per heavy atom. The van der Waals surface area contributed by atoms with Crippen LogP contribution in [0.3, 0.4) is 0 Å². The summed E-state index contributed by atoms with van der Waals surface area (Å²) < 4.78 is 72.7. The molecule has 0 aromatic heterocycles. The van der Waals surface area contributed by atoms with E-state index in [1.54, 1.807) is 126 Å². The third kappa shape index (κ3) is 52.5. The zero-order valence-corrected chi connectivity index (χ0v) is 81.2. The average Bonchev–Trinajstić information content (AvgIpc) is 0.792. The second-order valence-corrected chi connectivity index (χ2v) is 32.7. The van der Waals surface area contributed by atoms with Crippen molar-refractivity contribution in [3.8, 4) is 28.7 Å². The number of nitrogens with two attached hydrogens (primary N) is 2. The van der Waals surface area contributed by atoms with Gasteiger partial charge in [0.1, 0.15) is 56.8 Å². The maximum Gasteiger partial charge on any atom is 0.412 e. The molecule has 0 atom stereocenters. The number of hydrogen-bond acceptors (Lipinski definition) is 31. The minimum absolute atomic E-state index is 0. The monoisotopic (exact) mass is 1870 g/mol. The molecule has 0 aliphatic carbocycles. The van der Waals surface area contributed by atoms with E-state index < -0.39 is 84.6 Å². The molecule has 0 fully saturated rings. The van der Waals surface area contributed by atoms with E-state index >= 15 is 0 Å². The van der Waals surface area contributed by atoms with Gasteiger partial charge in [-0.3, -0.25) is 61.2 Å². The minimum atomic E-state index is -1.05. The van der Waals surface area contributed by atoms with Gasteiger partial charge in [0, 0.05) is 128 Å². The molecule has 0 aliphatic rings. The third-order valence-electron chi connectivity index (χ3n) is 15.2. The van der Waals surface area contributed by atoms with E-state index in [9.17, 15) is 67.9 Å². The SMILES string of the molecule is C=CC(=O)Nc1cc(NC(=O)OC(C)(C)C)c(OC)cc1N(C)CCN(C)C.CCCCN(C)C.CO.COc1cc(F)c([N+](=O)[O-])cc1N.COc1cc(F)c([N+](=O)[O-])cc1NC(=O)OC(C)(C)C.COc1cc(N(C)CCN(C)C)c(N)cc1NC(=O)OC(C)(C)C.COc1cc(N(C)CCN(C)C)c([N+](=O)[O-])cc1NC(=O)OC(C)(C)C.Cl.O=C(Cl)CCCl. The van der Waals surface area contributed by atoms with Gasteiger partial charge in [-0.2, -0.15) is 8.78 Å². The number of aliphatic hydroxyl groups is 1. The average molecular weight is 1870 g/mol. The molecule has 0 radical (unpaired) electrons. The zero-order valence-electron chi connectivity index (χ0n) is 78.9. The standard InChI is InChI=1S/C20H32N4O4.C17H28N4O5.C17H30N4O3.C12H15FN2O5.C7H7FN2O3.C6H15N.C3H4Cl2O.CH4O.ClH/c1-9-18(25)21-14-12-15(22-19(26)28-20(2,3)4)17(27-8)13-16(14)24(7)11-10-23(5)6;1-17(2,3)26-16(22)18-12-10-14(21(23)24)13(11-15(12)25-7)20(6)9-8-19(4)5;1-17(2,3)24-16(22)19-13-10-12(18)14(11-15(13)23-7)21(6)9-8-20(4)5;1-12(2,3)20-11(16)14-8-6-9(15(17)18)7(13)5-10(8)19-4;1-13-7-2-4(8)6(10(11)12)3-5(7)9;1-4-5-6-7(2)3;4-2-1-3(5)6;1-2;/h9,12-13H,1,10-11H2,2-8H3,(H,21,25)(H,22,26);10-11H,8-9H2,1-7H3,(H,18,22);10-11H,8-9,18H2,1-7H3,(H,19,22);5-6H,1-4H3,(H,14,16);2-3H,9H2,1H3;4-6H2,1-3H3;1-2H2;2H,1H3;1H. The lowest BCUT2D eigenvalue weighted by atomic mass is 10.2. The summed E-state index contributed by atoms with van der Waals surface area (Å²) in [5.74, 6) is -0.707. The van der Waals surface area contributed by atoms with Crippen LogP contribution in [-0.4, -0.2) is 269 Å². The number of nitrogens with one attached hydrogen (secondary N) is 5. The number of anilines is 10. The number of rotatable bonds is 31. The number of hydrogen-bond donors (Lipinski definition) is 8. The van der Waals surface area contributed by atoms with Gasteiger partial charge in [0.15, 0.2) is 0 Å². The highest BCUT2D eigenvalue weighted by molar-refractivity contribution is 6.63. The van der Waals surface area contributed by atoms with Gasteiger partial charge in [-0.05, 0) is 182 Å². The molecule has 39 nitrogen and oxygen atoms in total. The van der Waals surface area contributed by atoms with E-state index in [4.69, 9.17) is 77.7 Å². The van der Waals surface area contributed by atoms with Crippen molar-refractivity contribution in [2.75, 3.05) is 225 Å². The summed E-state index contributed by atoms with van der Waals surface area (Å²) in [6, 6.07) is 13.2. The Labute approximate surface area is 761 Å². The first-order valence-corrected chi connectivity index (χ1v) is 39.8. The molecule has 720 valence electrons. The maximum absolute atomic E-state index is 13.4. The smallest absolute Gasteiger partial charge is 0.412 e. The molecule has 0 bridgehead atoms. The van der Waals surface area contributed by atoms with Crippen LogP contribution in [-0.2, 0) is 28.5 Å². The maximum atomic E-state index is 13.4. The summed E-state index contributed by atoms with van der Waals surface area (Å²) in [6.07, 6.45) is 1.40. The van der Waals surface area contributed by atoms with E-state index in [1.807, 2.05) is 72.2 Å². The van der Waals surface area contributed by atoms with E-state index in [0.29, 0.717) is 58.1 Å². The Kier molecular flexibility index (Phi) is 58.1. The first kappa shape index (κ1) is 122. The van der Waals surface area contributed by atoms with E-state index in [1.165, 1.54) is 60.0 Å². The number of amides is 5. The number of halogens is 5. The van der Waals surface area contributed by atoms with Crippen molar-refractivity contribution in [1.82, 2.24) is 19.6 Å². The Hall–Kier alpha value is -11.2. The fourth-order valence-corrected chi connectivity index (χ4v) is 9.70. The van der Waals surface area contributed by atoms with Crippen molar-refractivity contribution in [2.45, 2.75) is 132 Å². The predicted molar refractivity (Wildman–Crippen MR) is 502 cm³/mol. The van der Waals surface area contributed by atoms with Crippen molar-refractivity contribution >= 4 is 145 Å². The summed E-state index contributed by atoms with van der Waals surface area (Å²) in [5.41, 5.74) is 11.5. The quantitative estimate of drug-likeness (QED) is 0.00388. The van der Waals surface area contributed by atoms with Gasteiger partial charge in [0.25, 0.3) is 5.69 Å². The molecule has 0 saturated carbocycles. The van der Waals surface area contributed by atoms with Crippen molar-refractivity contribution in [3.05, 3.63) is 115 Å². The predicted octanol–water partition coefficient (Wildman–Crippen LogP) is 15.9. The lowest BCUT2D eigenvalue weighted by Crippen LogP contribution is -2.29. The fraction of sp³-hybridized carbons (Fsp3) is 0.542. The number of carbonyl (C=O) groups excluding carboxylic acids is 6. The van der Waals surface area contributed by atoms with Crippen LogP contribution in [0.4, 0.5) is 102 Å². The molecular weight excluding hydrogens is 1730 g/mol. The first-order valence-electron chi connectivity index (χ1n) is 38.9. The molecule has 0 aliphatic heterocycles. The molecule has 127 heavy (non-hydrogen) atoms. The van der Waals surface area contributed by atoms with Crippen LogP contribution in [0, 0.1) is 42.0 Å². The molecule has 0 heterocycles. The number of ether oxygens (including phenoxy) is 9. The second kappa shape index (κ2) is 60.5. The summed E-state index contributed by atoms with van der Waals surface area (Å²) in [7, 11) is 29.8. The number of carbonyl (C=O) groups is 6. The van der Waals surface area contributed by atoms with E-state index in [0.717, 1.165) is 75.5 Å². The van der Waals surface area contributed by atoms with Crippen molar-refractivity contribution < 1.29 is 100 Å². The number of nitro benzene ring substituents is 3. The van der Waals surface area contributed by atoms with Gasteiger partial charge in [-0.25, -0.2) is 19.2 Å². The Balaban J connectivity index is -0.000000722. The van der Waals surface area contributed by atoms with E-state index in [-0.39, 0.29) is 64.2 Å². The van der Waals surface area contributed by atoms with Gasteiger partial charge in [-0.1, -0.05) is 19.9 Å². The Bertz CT molecular complexity index is 4280. The van der Waals surface area contributed by atoms with Crippen LogP contribution >= 0.6 is 35.6 Å². The lowest BCUT2D eigenvalue weighted by Gasteiger charge is -2.26. The number of methoxy groups -OCH3 is 5. The molecular formula is C83H136Cl3F2N17O22. The molecule has 0 spiro atoms. The molecule has 5 amide bonds. The largest absolute Gasteiger partial charge is 0.494 e. The number of nitrogen functional groups attached to an aromatic ring is 2. The number of alkyl halides is 1. The van der Waals surface area contributed by atoms with Crippen LogP contribution < -0.4 is 76.4 Å². The molecule has 10 N–H and O–H groups in total. The van der Waals surface area contributed by atoms with Crippen LogP contribution in [0.2, 0.25) is 0 Å². The van der Waals surface area contributed by atoms with Crippen molar-refractivity contribution in [1.29, 1.82) is 0 Å². The van der Waals surface area contributed by atoms with Crippen molar-refractivity contribution in [2.24, 2.45) is 0 Å². The van der Waals surface area contributed by atoms with Crippen LogP contribution in [0.25, 0.3) is 0 Å². The highest BCUT2D eigenvalue weighted by atomic mass is 35.5. The fourth-order valence-electron chi connectivity index (χ4n) is 9.34. The number of nitro groups is 3. The Morgan fingerprint density at radius 2 is 0.724 bits per heavy atom. The van der Waals surface area contributed by atoms with Crippen LogP contribution in [0.5, 0.6) is 28.7 Å². The van der Waals surface area contributed by atoms with Gasteiger partial charge in [0.2, 0.25) is 22.8 Å². The molecule has 5 aromatic carbocycles. The van der Waals surface area contributed by atoms with Gasteiger partial charge in [0.05, 0.1) is 102 Å². The van der Waals surface area contributed by atoms with Crippen LogP contribution in [0.1, 0.15) is 109 Å². The number of aliphatic hydroxyl groups excluding tert-OH is 1. The molecule has 0 saturated heterocycles. The van der Waals surface area contributed by atoms with Gasteiger partial charge in [-0.15, -0.1) is 24.0 Å². The van der Waals surface area contributed by atoms with E-state index in [2.05, 4.69) is 78.5 Å². The Morgan fingerprint density at radius 1 is 0.433 bits per heavy atom. The molecule has 44 heteroatoms. The molecule has 0 unspecified atom stereocenters. The number of benzene rings is 5. The normalized spacial score (nSPS) is 10.6. The first-order chi connectivity index (χ1) is 58.2. The molecule has 5 rings (SSSR count). The van der Waals surface area contributed by atoms with Gasteiger partial charge >= 0.3 is 35.7 Å². The third-order valence-corrected chi connectivity index (χ3v) is 15.6. The lowest BCUT2D eigenvalue weighted by molar-refractivity contribution is -0.387. The highest BCUT2D eigenvalue weighted by Gasteiger charge is 2.28. The second-order valence-electron chi connectivity index (χ2n) is 31.9. The van der Waals surface area contributed by atoms with Gasteiger partial charge < -0.3 is 98.8 Å². The zero-order chi connectivity index (χ0) is 98.2. The summed E-state index contributed by atoms with van der Waals surface area (Å²) in [5, 5.41) is 52.0.